The van der Waals surface area contributed by atoms with E-state index in [0.717, 1.165) is 25.2 Å². The van der Waals surface area contributed by atoms with Gasteiger partial charge in [0.25, 0.3) is 0 Å². The topological polar surface area (TPSA) is 60.7 Å². The Morgan fingerprint density at radius 1 is 1.59 bits per heavy atom. The van der Waals surface area contributed by atoms with Gasteiger partial charge in [0, 0.05) is 18.3 Å². The lowest BCUT2D eigenvalue weighted by Crippen LogP contribution is -2.24. The van der Waals surface area contributed by atoms with Gasteiger partial charge in [-0.05, 0) is 44.9 Å². The third-order valence-corrected chi connectivity index (χ3v) is 3.10. The molecule has 1 aromatic rings. The Bertz CT molecular complexity index is 416. The molecule has 17 heavy (non-hydrogen) atoms. The average molecular weight is 230 g/mol. The second kappa shape index (κ2) is 5.65. The van der Waals surface area contributed by atoms with Gasteiger partial charge in [0.05, 0.1) is 5.56 Å². The molecule has 0 amide bonds. The fourth-order valence-corrected chi connectivity index (χ4v) is 2.15. The molecular formula is C13H18N4. The Labute approximate surface area is 102 Å². The van der Waals surface area contributed by atoms with Gasteiger partial charge in [-0.1, -0.05) is 0 Å². The molecule has 2 N–H and O–H groups in total. The summed E-state index contributed by atoms with van der Waals surface area (Å²) in [6.45, 7) is 3.93. The van der Waals surface area contributed by atoms with Gasteiger partial charge in [-0.2, -0.15) is 5.26 Å². The highest BCUT2D eigenvalue weighted by atomic mass is 15.0. The summed E-state index contributed by atoms with van der Waals surface area (Å²) in [6.07, 6.45) is 3.62. The lowest BCUT2D eigenvalue weighted by molar-refractivity contribution is 0.574. The van der Waals surface area contributed by atoms with Crippen LogP contribution in [0.25, 0.3) is 0 Å². The van der Waals surface area contributed by atoms with Gasteiger partial charge < -0.3 is 10.6 Å². The summed E-state index contributed by atoms with van der Waals surface area (Å²) in [4.78, 5) is 4.35. The number of anilines is 1. The number of aromatic nitrogens is 1. The van der Waals surface area contributed by atoms with Crippen LogP contribution in [0.15, 0.2) is 12.1 Å². The third-order valence-electron chi connectivity index (χ3n) is 3.10. The molecule has 0 aliphatic carbocycles. The molecule has 1 unspecified atom stereocenters. The molecule has 1 aliphatic rings. The van der Waals surface area contributed by atoms with Gasteiger partial charge in [-0.3, -0.25) is 0 Å². The highest BCUT2D eigenvalue weighted by Gasteiger charge is 2.13. The number of rotatable bonds is 4. The summed E-state index contributed by atoms with van der Waals surface area (Å²) >= 11 is 0. The highest BCUT2D eigenvalue weighted by Crippen LogP contribution is 2.13. The van der Waals surface area contributed by atoms with Crippen molar-refractivity contribution in [2.75, 3.05) is 18.4 Å². The smallest absolute Gasteiger partial charge is 0.144 e. The molecule has 4 nitrogen and oxygen atoms in total. The van der Waals surface area contributed by atoms with Crippen LogP contribution in [0.2, 0.25) is 0 Å². The summed E-state index contributed by atoms with van der Waals surface area (Å²) in [5.41, 5.74) is 1.56. The van der Waals surface area contributed by atoms with E-state index in [2.05, 4.69) is 21.7 Å². The molecule has 90 valence electrons. The standard InChI is InChI=1S/C13H18N4/c1-10-4-5-11(9-14)13(17-10)16-8-6-12-3-2-7-15-12/h4-5,12,15H,2-3,6-8H2,1H3,(H,16,17). The molecule has 4 heteroatoms. The molecule has 0 aromatic carbocycles. The van der Waals surface area contributed by atoms with Gasteiger partial charge >= 0.3 is 0 Å². The van der Waals surface area contributed by atoms with Crippen molar-refractivity contribution in [3.63, 3.8) is 0 Å². The van der Waals surface area contributed by atoms with Gasteiger partial charge in [-0.25, -0.2) is 4.98 Å². The van der Waals surface area contributed by atoms with Gasteiger partial charge in [0.2, 0.25) is 0 Å². The van der Waals surface area contributed by atoms with E-state index >= 15 is 0 Å². The summed E-state index contributed by atoms with van der Waals surface area (Å²) in [5, 5.41) is 15.7. The van der Waals surface area contributed by atoms with E-state index in [0.29, 0.717) is 17.4 Å². The molecule has 0 bridgehead atoms. The molecule has 0 spiro atoms. The zero-order chi connectivity index (χ0) is 12.1. The largest absolute Gasteiger partial charge is 0.369 e. The fraction of sp³-hybridized carbons (Fsp3) is 0.538. The van der Waals surface area contributed by atoms with Crippen LogP contribution < -0.4 is 10.6 Å². The number of nitriles is 1. The molecule has 1 fully saturated rings. The number of nitrogens with zero attached hydrogens (tertiary/aromatic N) is 2. The first kappa shape index (κ1) is 11.9. The van der Waals surface area contributed by atoms with Crippen molar-refractivity contribution in [3.8, 4) is 6.07 Å². The van der Waals surface area contributed by atoms with Crippen molar-refractivity contribution in [3.05, 3.63) is 23.4 Å². The maximum Gasteiger partial charge on any atom is 0.144 e. The lowest BCUT2D eigenvalue weighted by Gasteiger charge is -2.12. The Balaban J connectivity index is 1.89. The molecule has 1 aromatic heterocycles. The zero-order valence-electron chi connectivity index (χ0n) is 10.2. The summed E-state index contributed by atoms with van der Waals surface area (Å²) < 4.78 is 0. The second-order valence-electron chi connectivity index (χ2n) is 4.47. The van der Waals surface area contributed by atoms with Crippen LogP contribution in [-0.2, 0) is 0 Å². The van der Waals surface area contributed by atoms with Crippen LogP contribution in [0.1, 0.15) is 30.5 Å². The van der Waals surface area contributed by atoms with Crippen molar-refractivity contribution in [2.45, 2.75) is 32.2 Å². The van der Waals surface area contributed by atoms with Crippen molar-refractivity contribution in [1.29, 1.82) is 5.26 Å². The molecule has 1 aliphatic heterocycles. The minimum Gasteiger partial charge on any atom is -0.369 e. The summed E-state index contributed by atoms with van der Waals surface area (Å²) in [7, 11) is 0. The van der Waals surface area contributed by atoms with Crippen molar-refractivity contribution in [1.82, 2.24) is 10.3 Å². The predicted octanol–water partition coefficient (Wildman–Crippen LogP) is 1.82. The average Bonchev–Trinajstić information content (AvgIpc) is 2.82. The number of aryl methyl sites for hydroxylation is 1. The first-order chi connectivity index (χ1) is 8.29. The first-order valence-corrected chi connectivity index (χ1v) is 6.14. The zero-order valence-corrected chi connectivity index (χ0v) is 10.2. The lowest BCUT2D eigenvalue weighted by atomic mass is 10.1. The van der Waals surface area contributed by atoms with Crippen LogP contribution in [0, 0.1) is 18.3 Å². The maximum atomic E-state index is 8.98. The fourth-order valence-electron chi connectivity index (χ4n) is 2.15. The maximum absolute atomic E-state index is 8.98. The van der Waals surface area contributed by atoms with Gasteiger partial charge in [-0.15, -0.1) is 0 Å². The van der Waals surface area contributed by atoms with E-state index in [1.54, 1.807) is 0 Å². The number of pyridine rings is 1. The minimum atomic E-state index is 0.620. The van der Waals surface area contributed by atoms with Crippen LogP contribution in [0.3, 0.4) is 0 Å². The van der Waals surface area contributed by atoms with Crippen molar-refractivity contribution in [2.24, 2.45) is 0 Å². The Morgan fingerprint density at radius 2 is 2.47 bits per heavy atom. The predicted molar refractivity (Wildman–Crippen MR) is 67.8 cm³/mol. The first-order valence-electron chi connectivity index (χ1n) is 6.14. The monoisotopic (exact) mass is 230 g/mol. The molecule has 2 heterocycles. The Morgan fingerprint density at radius 3 is 3.18 bits per heavy atom. The molecular weight excluding hydrogens is 212 g/mol. The van der Waals surface area contributed by atoms with Gasteiger partial charge in [0.15, 0.2) is 0 Å². The second-order valence-corrected chi connectivity index (χ2v) is 4.47. The van der Waals surface area contributed by atoms with E-state index in [4.69, 9.17) is 5.26 Å². The normalized spacial score (nSPS) is 18.9. The van der Waals surface area contributed by atoms with Crippen LogP contribution >= 0.6 is 0 Å². The van der Waals surface area contributed by atoms with Crippen LogP contribution in [-0.4, -0.2) is 24.1 Å². The third kappa shape index (κ3) is 3.18. The molecule has 2 rings (SSSR count). The summed E-state index contributed by atoms with van der Waals surface area (Å²) in [5.74, 6) is 0.713. The number of nitrogens with one attached hydrogen (secondary N) is 2. The van der Waals surface area contributed by atoms with E-state index in [1.807, 2.05) is 19.1 Å². The molecule has 1 saturated heterocycles. The van der Waals surface area contributed by atoms with E-state index in [9.17, 15) is 0 Å². The van der Waals surface area contributed by atoms with Crippen LogP contribution in [0.5, 0.6) is 0 Å². The molecule has 1 atom stereocenters. The van der Waals surface area contributed by atoms with Gasteiger partial charge in [0.1, 0.15) is 11.9 Å². The van der Waals surface area contributed by atoms with Crippen molar-refractivity contribution >= 4 is 5.82 Å². The van der Waals surface area contributed by atoms with Crippen molar-refractivity contribution < 1.29 is 0 Å². The molecule has 0 radical (unpaired) electrons. The quantitative estimate of drug-likeness (QED) is 0.828. The number of hydrogen-bond donors (Lipinski definition) is 2. The summed E-state index contributed by atoms with van der Waals surface area (Å²) in [6, 6.07) is 6.46. The molecule has 0 saturated carbocycles. The SMILES string of the molecule is Cc1ccc(C#N)c(NCCC2CCCN2)n1. The number of hydrogen-bond acceptors (Lipinski definition) is 4. The Hall–Kier alpha value is -1.60. The Kier molecular flexibility index (Phi) is 3.94. The van der Waals surface area contributed by atoms with E-state index in [-0.39, 0.29) is 0 Å². The van der Waals surface area contributed by atoms with E-state index in [1.165, 1.54) is 12.8 Å². The van der Waals surface area contributed by atoms with E-state index < -0.39 is 0 Å². The highest BCUT2D eigenvalue weighted by molar-refractivity contribution is 5.52. The minimum absolute atomic E-state index is 0.620. The van der Waals surface area contributed by atoms with Crippen LogP contribution in [0.4, 0.5) is 5.82 Å².